The largest absolute Gasteiger partial charge is 0.394 e. The van der Waals surface area contributed by atoms with Gasteiger partial charge in [-0.15, -0.1) is 0 Å². The number of alkyl halides is 3. The van der Waals surface area contributed by atoms with Crippen LogP contribution in [0.4, 0.5) is 13.2 Å². The fourth-order valence-corrected chi connectivity index (χ4v) is 1.27. The molecule has 0 atom stereocenters. The first kappa shape index (κ1) is 8.84. The van der Waals surface area contributed by atoms with Crippen LogP contribution in [0.2, 0.25) is 0 Å². The van der Waals surface area contributed by atoms with Gasteiger partial charge in [0, 0.05) is 0 Å². The lowest BCUT2D eigenvalue weighted by atomic mass is 10.00. The van der Waals surface area contributed by atoms with Gasteiger partial charge in [-0.3, -0.25) is 0 Å². The molecule has 0 saturated heterocycles. The normalized spacial score (nSPS) is 21.8. The van der Waals surface area contributed by atoms with Crippen LogP contribution in [0.25, 0.3) is 0 Å². The molecule has 1 aliphatic carbocycles. The molecular formula is C7H12F3N. The summed E-state index contributed by atoms with van der Waals surface area (Å²) in [6, 6.07) is 0. The lowest BCUT2D eigenvalue weighted by Crippen LogP contribution is -2.25. The van der Waals surface area contributed by atoms with Gasteiger partial charge in [0.15, 0.2) is 0 Å². The minimum Gasteiger partial charge on any atom is -0.330 e. The van der Waals surface area contributed by atoms with Crippen molar-refractivity contribution < 1.29 is 13.2 Å². The molecular weight excluding hydrogens is 155 g/mol. The van der Waals surface area contributed by atoms with E-state index in [0.29, 0.717) is 25.8 Å². The average molecular weight is 167 g/mol. The van der Waals surface area contributed by atoms with E-state index in [1.807, 2.05) is 0 Å². The van der Waals surface area contributed by atoms with Gasteiger partial charge in [0.05, 0.1) is 5.41 Å². The Balaban J connectivity index is 2.41. The quantitative estimate of drug-likeness (QED) is 0.684. The van der Waals surface area contributed by atoms with Crippen LogP contribution in [0.1, 0.15) is 25.7 Å². The first-order valence-electron chi connectivity index (χ1n) is 3.79. The number of halogens is 3. The van der Waals surface area contributed by atoms with Crippen LogP contribution >= 0.6 is 0 Å². The highest BCUT2D eigenvalue weighted by Crippen LogP contribution is 2.60. The predicted molar refractivity (Wildman–Crippen MR) is 36.0 cm³/mol. The van der Waals surface area contributed by atoms with Crippen molar-refractivity contribution in [1.82, 2.24) is 0 Å². The maximum absolute atomic E-state index is 12.2. The predicted octanol–water partition coefficient (Wildman–Crippen LogP) is 2.07. The van der Waals surface area contributed by atoms with Crippen molar-refractivity contribution in [3.05, 3.63) is 0 Å². The Kier molecular flexibility index (Phi) is 2.14. The van der Waals surface area contributed by atoms with Crippen molar-refractivity contribution in [1.29, 1.82) is 0 Å². The Bertz CT molecular complexity index is 137. The van der Waals surface area contributed by atoms with E-state index in [1.165, 1.54) is 0 Å². The summed E-state index contributed by atoms with van der Waals surface area (Å²) in [5.74, 6) is 0. The Morgan fingerprint density at radius 1 is 1.27 bits per heavy atom. The highest BCUT2D eigenvalue weighted by atomic mass is 19.4. The number of hydrogen-bond donors (Lipinski definition) is 1. The molecule has 0 spiro atoms. The standard InChI is InChI=1S/C7H12F3N/c8-7(9,10)6(3-4-6)2-1-5-11/h1-5,11H2. The van der Waals surface area contributed by atoms with Gasteiger partial charge in [0.25, 0.3) is 0 Å². The third kappa shape index (κ3) is 1.67. The van der Waals surface area contributed by atoms with Crippen molar-refractivity contribution in [2.75, 3.05) is 6.54 Å². The van der Waals surface area contributed by atoms with Gasteiger partial charge in [-0.1, -0.05) is 0 Å². The monoisotopic (exact) mass is 167 g/mol. The molecule has 1 saturated carbocycles. The maximum atomic E-state index is 12.2. The number of hydrogen-bond acceptors (Lipinski definition) is 1. The molecule has 0 aromatic carbocycles. The van der Waals surface area contributed by atoms with E-state index in [-0.39, 0.29) is 6.42 Å². The molecule has 1 rings (SSSR count). The van der Waals surface area contributed by atoms with Crippen molar-refractivity contribution >= 4 is 0 Å². The minimum absolute atomic E-state index is 0.215. The molecule has 11 heavy (non-hydrogen) atoms. The highest BCUT2D eigenvalue weighted by molar-refractivity contribution is 4.98. The summed E-state index contributed by atoms with van der Waals surface area (Å²) in [5.41, 5.74) is 3.80. The topological polar surface area (TPSA) is 26.0 Å². The molecule has 0 heterocycles. The van der Waals surface area contributed by atoms with Gasteiger partial charge in [0.2, 0.25) is 0 Å². The van der Waals surface area contributed by atoms with Crippen LogP contribution in [0.3, 0.4) is 0 Å². The van der Waals surface area contributed by atoms with Crippen molar-refractivity contribution in [2.45, 2.75) is 31.9 Å². The molecule has 0 aliphatic heterocycles. The number of nitrogens with two attached hydrogens (primary N) is 1. The fraction of sp³-hybridized carbons (Fsp3) is 1.00. The Morgan fingerprint density at radius 2 is 1.82 bits per heavy atom. The molecule has 0 bridgehead atoms. The molecule has 0 aromatic rings. The molecule has 1 fully saturated rings. The Hall–Kier alpha value is -0.250. The van der Waals surface area contributed by atoms with Crippen LogP contribution in [0.15, 0.2) is 0 Å². The zero-order valence-electron chi connectivity index (χ0n) is 6.25. The average Bonchev–Trinajstić information content (AvgIpc) is 2.61. The van der Waals surface area contributed by atoms with Gasteiger partial charge < -0.3 is 5.73 Å². The molecule has 0 radical (unpaired) electrons. The summed E-state index contributed by atoms with van der Waals surface area (Å²) in [6.07, 6.45) is -2.69. The third-order valence-corrected chi connectivity index (χ3v) is 2.31. The molecule has 1 aliphatic rings. The summed E-state index contributed by atoms with van der Waals surface area (Å²) in [7, 11) is 0. The van der Waals surface area contributed by atoms with Crippen LogP contribution in [0.5, 0.6) is 0 Å². The molecule has 2 N–H and O–H groups in total. The third-order valence-electron chi connectivity index (χ3n) is 2.31. The summed E-state index contributed by atoms with van der Waals surface area (Å²) in [4.78, 5) is 0. The molecule has 0 unspecified atom stereocenters. The lowest BCUT2D eigenvalue weighted by Gasteiger charge is -2.18. The summed E-state index contributed by atoms with van der Waals surface area (Å²) < 4.78 is 36.5. The van der Waals surface area contributed by atoms with E-state index in [9.17, 15) is 13.2 Å². The van der Waals surface area contributed by atoms with Crippen molar-refractivity contribution in [3.8, 4) is 0 Å². The molecule has 0 amide bonds. The van der Waals surface area contributed by atoms with Crippen LogP contribution in [-0.2, 0) is 0 Å². The second-order valence-electron chi connectivity index (χ2n) is 3.17. The second kappa shape index (κ2) is 2.66. The second-order valence-corrected chi connectivity index (χ2v) is 3.17. The van der Waals surface area contributed by atoms with E-state index >= 15 is 0 Å². The van der Waals surface area contributed by atoms with Gasteiger partial charge >= 0.3 is 6.18 Å². The zero-order chi connectivity index (χ0) is 8.54. The smallest absolute Gasteiger partial charge is 0.330 e. The Morgan fingerprint density at radius 3 is 2.09 bits per heavy atom. The van der Waals surface area contributed by atoms with Gasteiger partial charge in [-0.2, -0.15) is 13.2 Å². The van der Waals surface area contributed by atoms with Crippen LogP contribution < -0.4 is 5.73 Å². The van der Waals surface area contributed by atoms with Crippen LogP contribution in [0, 0.1) is 5.41 Å². The van der Waals surface area contributed by atoms with Crippen molar-refractivity contribution in [3.63, 3.8) is 0 Å². The summed E-state index contributed by atoms with van der Waals surface area (Å²) in [5, 5.41) is 0. The number of rotatable bonds is 3. The fourth-order valence-electron chi connectivity index (χ4n) is 1.27. The van der Waals surface area contributed by atoms with E-state index < -0.39 is 11.6 Å². The van der Waals surface area contributed by atoms with Gasteiger partial charge in [-0.05, 0) is 32.2 Å². The van der Waals surface area contributed by atoms with Crippen LogP contribution in [-0.4, -0.2) is 12.7 Å². The highest BCUT2D eigenvalue weighted by Gasteiger charge is 2.62. The zero-order valence-corrected chi connectivity index (χ0v) is 6.25. The SMILES string of the molecule is NCCCC1(C(F)(F)F)CC1. The van der Waals surface area contributed by atoms with E-state index in [1.54, 1.807) is 0 Å². The van der Waals surface area contributed by atoms with E-state index in [4.69, 9.17) is 5.73 Å². The summed E-state index contributed by atoms with van der Waals surface area (Å²) >= 11 is 0. The molecule has 4 heteroatoms. The molecule has 66 valence electrons. The molecule has 1 nitrogen and oxygen atoms in total. The van der Waals surface area contributed by atoms with Gasteiger partial charge in [0.1, 0.15) is 0 Å². The van der Waals surface area contributed by atoms with E-state index in [2.05, 4.69) is 0 Å². The lowest BCUT2D eigenvalue weighted by molar-refractivity contribution is -0.189. The van der Waals surface area contributed by atoms with Crippen molar-refractivity contribution in [2.24, 2.45) is 11.1 Å². The molecule has 0 aromatic heterocycles. The Labute approximate surface area is 63.8 Å². The first-order chi connectivity index (χ1) is 5.02. The first-order valence-corrected chi connectivity index (χ1v) is 3.79. The minimum atomic E-state index is -4.00. The van der Waals surface area contributed by atoms with Gasteiger partial charge in [-0.25, -0.2) is 0 Å². The maximum Gasteiger partial charge on any atom is 0.394 e. The van der Waals surface area contributed by atoms with E-state index in [0.717, 1.165) is 0 Å². The summed E-state index contributed by atoms with van der Waals surface area (Å²) in [6.45, 7) is 0.359.